The molecule has 0 radical (unpaired) electrons. The third-order valence-electron chi connectivity index (χ3n) is 11.1. The smallest absolute Gasteiger partial charge is 0.165 e. The maximum Gasteiger partial charge on any atom is 0.165 e. The zero-order valence-corrected chi connectivity index (χ0v) is 31.2. The number of para-hydroxylation sites is 3. The van der Waals surface area contributed by atoms with E-state index in [1.165, 1.54) is 31.9 Å². The van der Waals surface area contributed by atoms with Gasteiger partial charge in [0.2, 0.25) is 0 Å². The van der Waals surface area contributed by atoms with Gasteiger partial charge in [0.15, 0.2) is 17.5 Å². The average Bonchev–Trinajstić information content (AvgIpc) is 3.96. The van der Waals surface area contributed by atoms with Gasteiger partial charge >= 0.3 is 0 Å². The fraction of sp³-hybridized carbons (Fsp3) is 0. The number of thiophene rings is 1. The second-order valence-electron chi connectivity index (χ2n) is 14.3. The summed E-state index contributed by atoms with van der Waals surface area (Å²) in [4.78, 5) is 15.1. The summed E-state index contributed by atoms with van der Waals surface area (Å²) in [6.45, 7) is 0. The van der Waals surface area contributed by atoms with Crippen molar-refractivity contribution >= 4 is 75.3 Å². The molecule has 4 heterocycles. The van der Waals surface area contributed by atoms with Crippen LogP contribution in [0.5, 0.6) is 0 Å². The minimum Gasteiger partial charge on any atom is -0.455 e. The van der Waals surface area contributed by atoms with Gasteiger partial charge in [-0.05, 0) is 42.0 Å². The molecule has 4 aromatic heterocycles. The summed E-state index contributed by atoms with van der Waals surface area (Å²) in [5.74, 6) is 1.95. The molecule has 0 amide bonds. The van der Waals surface area contributed by atoms with E-state index in [1.54, 1.807) is 11.3 Å². The molecule has 0 aliphatic carbocycles. The van der Waals surface area contributed by atoms with Crippen molar-refractivity contribution in [3.05, 3.63) is 182 Å². The van der Waals surface area contributed by atoms with Gasteiger partial charge in [-0.15, -0.1) is 11.3 Å². The summed E-state index contributed by atoms with van der Waals surface area (Å²) in [5, 5.41) is 7.03. The van der Waals surface area contributed by atoms with Crippen LogP contribution >= 0.6 is 11.3 Å². The van der Waals surface area contributed by atoms with Crippen LogP contribution in [0.2, 0.25) is 0 Å². The third-order valence-corrected chi connectivity index (χ3v) is 12.3. The van der Waals surface area contributed by atoms with Crippen molar-refractivity contribution in [2.24, 2.45) is 0 Å². The van der Waals surface area contributed by atoms with Gasteiger partial charge in [0.1, 0.15) is 11.2 Å². The molecule has 6 heteroatoms. The zero-order valence-electron chi connectivity index (χ0n) is 30.4. The SMILES string of the molecule is c1ccc(-c2nc(-c3ccccc3)nc(-c3cccc4c3sc3cccc(-c5cccc6c5oc5cc(-n7c8ccccc8c8ccccc87)ccc56)c34)n2)cc1. The Bertz CT molecular complexity index is 3420. The van der Waals surface area contributed by atoms with Crippen molar-refractivity contribution in [2.75, 3.05) is 0 Å². The first-order valence-electron chi connectivity index (χ1n) is 19.0. The van der Waals surface area contributed by atoms with Crippen LogP contribution in [0.25, 0.3) is 115 Å². The average molecular weight is 747 g/mol. The van der Waals surface area contributed by atoms with Gasteiger partial charge in [0, 0.05) is 75.7 Å². The first-order chi connectivity index (χ1) is 28.3. The van der Waals surface area contributed by atoms with Crippen molar-refractivity contribution < 1.29 is 4.42 Å². The number of nitrogens with zero attached hydrogens (tertiary/aromatic N) is 4. The fourth-order valence-corrected chi connectivity index (χ4v) is 9.75. The minimum absolute atomic E-state index is 0.649. The van der Waals surface area contributed by atoms with Crippen molar-refractivity contribution in [1.29, 1.82) is 0 Å². The predicted molar refractivity (Wildman–Crippen MR) is 236 cm³/mol. The molecule has 0 atom stereocenters. The largest absolute Gasteiger partial charge is 0.455 e. The van der Waals surface area contributed by atoms with Crippen molar-refractivity contribution in [2.45, 2.75) is 0 Å². The van der Waals surface area contributed by atoms with Crippen LogP contribution in [-0.4, -0.2) is 19.5 Å². The molecular weight excluding hydrogens is 717 g/mol. The van der Waals surface area contributed by atoms with Gasteiger partial charge in [0.25, 0.3) is 0 Å². The van der Waals surface area contributed by atoms with Gasteiger partial charge in [-0.3, -0.25) is 0 Å². The van der Waals surface area contributed by atoms with E-state index >= 15 is 0 Å². The monoisotopic (exact) mass is 746 g/mol. The molecule has 0 saturated carbocycles. The third kappa shape index (κ3) is 4.98. The van der Waals surface area contributed by atoms with E-state index in [0.717, 1.165) is 65.5 Å². The van der Waals surface area contributed by atoms with Crippen LogP contribution in [0.1, 0.15) is 0 Å². The summed E-state index contributed by atoms with van der Waals surface area (Å²) in [6.07, 6.45) is 0. The minimum atomic E-state index is 0.649. The van der Waals surface area contributed by atoms with Crippen LogP contribution in [-0.2, 0) is 0 Å². The molecule has 0 aliphatic rings. The van der Waals surface area contributed by atoms with Crippen molar-refractivity contribution in [3.8, 4) is 51.0 Å². The van der Waals surface area contributed by atoms with Gasteiger partial charge in [0.05, 0.1) is 11.0 Å². The Kier molecular flexibility index (Phi) is 7.03. The van der Waals surface area contributed by atoms with E-state index in [4.69, 9.17) is 19.4 Å². The normalized spacial score (nSPS) is 11.9. The summed E-state index contributed by atoms with van der Waals surface area (Å²) in [7, 11) is 0. The van der Waals surface area contributed by atoms with Gasteiger partial charge in [-0.2, -0.15) is 0 Å². The molecule has 12 aromatic rings. The molecule has 266 valence electrons. The molecule has 0 bridgehead atoms. The molecule has 0 aliphatic heterocycles. The molecule has 8 aromatic carbocycles. The van der Waals surface area contributed by atoms with Crippen LogP contribution < -0.4 is 0 Å². The summed E-state index contributed by atoms with van der Waals surface area (Å²) >= 11 is 1.77. The van der Waals surface area contributed by atoms with Gasteiger partial charge in [-0.1, -0.05) is 140 Å². The maximum absolute atomic E-state index is 6.90. The Morgan fingerprint density at radius 3 is 1.68 bits per heavy atom. The number of aromatic nitrogens is 4. The van der Waals surface area contributed by atoms with E-state index in [0.29, 0.717) is 17.5 Å². The van der Waals surface area contributed by atoms with E-state index in [-0.39, 0.29) is 0 Å². The number of hydrogen-bond donors (Lipinski definition) is 0. The van der Waals surface area contributed by atoms with Crippen LogP contribution in [0.15, 0.2) is 186 Å². The number of benzene rings is 8. The molecule has 0 saturated heterocycles. The van der Waals surface area contributed by atoms with E-state index in [2.05, 4.69) is 126 Å². The Hall–Kier alpha value is -7.41. The topological polar surface area (TPSA) is 56.7 Å². The zero-order chi connectivity index (χ0) is 37.5. The second kappa shape index (κ2) is 12.6. The van der Waals surface area contributed by atoms with E-state index in [1.807, 2.05) is 60.7 Å². The standard InChI is InChI=1S/C51H30N4OS/c1-3-14-31(15-4-1)49-52-50(32-16-5-2-6-17-32)54-51(53-49)41-24-12-23-40-46-37(20-13-27-45(46)57-48(40)41)39-22-11-21-38-36-29-28-33(30-44(36)56-47(38)39)55-42-25-9-7-18-34(42)35-19-8-10-26-43(35)55/h1-30H. The number of fused-ring (bicyclic) bond motifs is 9. The highest BCUT2D eigenvalue weighted by atomic mass is 32.1. The number of hydrogen-bond acceptors (Lipinski definition) is 5. The molecule has 0 spiro atoms. The molecule has 12 rings (SSSR count). The van der Waals surface area contributed by atoms with Crippen LogP contribution in [0, 0.1) is 0 Å². The van der Waals surface area contributed by atoms with Crippen LogP contribution in [0.4, 0.5) is 0 Å². The molecule has 0 fully saturated rings. The van der Waals surface area contributed by atoms with Gasteiger partial charge < -0.3 is 8.98 Å². The molecule has 0 N–H and O–H groups in total. The summed E-state index contributed by atoms with van der Waals surface area (Å²) < 4.78 is 11.6. The predicted octanol–water partition coefficient (Wildman–Crippen LogP) is 13.9. The summed E-state index contributed by atoms with van der Waals surface area (Å²) in [5.41, 5.74) is 10.2. The van der Waals surface area contributed by atoms with Crippen molar-refractivity contribution in [3.63, 3.8) is 0 Å². The molecule has 57 heavy (non-hydrogen) atoms. The Morgan fingerprint density at radius 2 is 0.982 bits per heavy atom. The first kappa shape index (κ1) is 31.9. The quantitative estimate of drug-likeness (QED) is 0.176. The lowest BCUT2D eigenvalue weighted by Crippen LogP contribution is -2.00. The Morgan fingerprint density at radius 1 is 0.421 bits per heavy atom. The maximum atomic E-state index is 6.90. The fourth-order valence-electron chi connectivity index (χ4n) is 8.52. The van der Waals surface area contributed by atoms with E-state index < -0.39 is 0 Å². The number of furan rings is 1. The first-order valence-corrected chi connectivity index (χ1v) is 19.8. The second-order valence-corrected chi connectivity index (χ2v) is 15.4. The van der Waals surface area contributed by atoms with Gasteiger partial charge in [-0.25, -0.2) is 15.0 Å². The van der Waals surface area contributed by atoms with Crippen LogP contribution in [0.3, 0.4) is 0 Å². The highest BCUT2D eigenvalue weighted by Gasteiger charge is 2.21. The van der Waals surface area contributed by atoms with E-state index in [9.17, 15) is 0 Å². The summed E-state index contributed by atoms with van der Waals surface area (Å²) in [6, 6.07) is 63.6. The molecule has 0 unspecified atom stereocenters. The number of rotatable bonds is 5. The van der Waals surface area contributed by atoms with Crippen molar-refractivity contribution in [1.82, 2.24) is 19.5 Å². The lowest BCUT2D eigenvalue weighted by Gasteiger charge is -2.09. The highest BCUT2D eigenvalue weighted by molar-refractivity contribution is 7.26. The lowest BCUT2D eigenvalue weighted by atomic mass is 9.97. The molecular formula is C51H30N4OS. The highest BCUT2D eigenvalue weighted by Crippen LogP contribution is 2.46. The Balaban J connectivity index is 1.04. The Labute approximate surface area is 330 Å². The molecule has 5 nitrogen and oxygen atoms in total. The lowest BCUT2D eigenvalue weighted by molar-refractivity contribution is 0.670.